The maximum absolute atomic E-state index is 15.0. The van der Waals surface area contributed by atoms with Crippen LogP contribution in [-0.2, 0) is 24.7 Å². The van der Waals surface area contributed by atoms with Gasteiger partial charge in [0.05, 0.1) is 30.0 Å². The van der Waals surface area contributed by atoms with Gasteiger partial charge in [-0.2, -0.15) is 5.26 Å². The first-order chi connectivity index (χ1) is 19.2. The number of carbonyl (C=O) groups excluding carboxylic acids is 1. The van der Waals surface area contributed by atoms with E-state index in [0.717, 1.165) is 28.2 Å². The van der Waals surface area contributed by atoms with Crippen molar-refractivity contribution in [2.45, 2.75) is 38.5 Å². The van der Waals surface area contributed by atoms with Crippen LogP contribution in [0.15, 0.2) is 64.5 Å². The van der Waals surface area contributed by atoms with Gasteiger partial charge in [-0.15, -0.1) is 0 Å². The molecular formula is C31H25BrFN5O2. The van der Waals surface area contributed by atoms with E-state index in [9.17, 15) is 14.4 Å². The van der Waals surface area contributed by atoms with Crippen molar-refractivity contribution in [1.29, 1.82) is 5.26 Å². The quantitative estimate of drug-likeness (QED) is 0.214. The number of ketones is 1. The number of fused-ring (bicyclic) bond motifs is 1. The Balaban J connectivity index is 1.46. The smallest absolute Gasteiger partial charge is 0.168 e. The molecule has 2 aromatic heterocycles. The Hall–Kier alpha value is -4.29. The summed E-state index contributed by atoms with van der Waals surface area (Å²) in [5.41, 5.74) is 5.04. The van der Waals surface area contributed by atoms with Gasteiger partial charge in [-0.1, -0.05) is 12.1 Å². The van der Waals surface area contributed by atoms with Crippen molar-refractivity contribution in [3.05, 3.63) is 98.9 Å². The van der Waals surface area contributed by atoms with Gasteiger partial charge in [0.1, 0.15) is 29.3 Å². The highest BCUT2D eigenvalue weighted by Crippen LogP contribution is 2.37. The molecule has 200 valence electrons. The Kier molecular flexibility index (Phi) is 7.55. The molecule has 0 unspecified atom stereocenters. The van der Waals surface area contributed by atoms with Crippen molar-refractivity contribution in [2.24, 2.45) is 4.99 Å². The van der Waals surface area contributed by atoms with Gasteiger partial charge in [-0.05, 0) is 76.8 Å². The number of halogens is 2. The summed E-state index contributed by atoms with van der Waals surface area (Å²) in [5.74, 6) is -0.329. The van der Waals surface area contributed by atoms with Gasteiger partial charge in [0, 0.05) is 47.3 Å². The molecule has 0 radical (unpaired) electrons. The molecule has 9 heteroatoms. The van der Waals surface area contributed by atoms with Crippen molar-refractivity contribution in [3.63, 3.8) is 0 Å². The fourth-order valence-corrected chi connectivity index (χ4v) is 5.63. The SMILES string of the molecule is COc1cc(C(=O)Cc2cc(Cc3ncccc3-c3ncnc4c3N=CC4)ccc2F)c(Br)c(C(C)(C)C#N)c1. The molecule has 40 heavy (non-hydrogen) atoms. The summed E-state index contributed by atoms with van der Waals surface area (Å²) >= 11 is 3.51. The maximum Gasteiger partial charge on any atom is 0.168 e. The van der Waals surface area contributed by atoms with E-state index >= 15 is 0 Å². The van der Waals surface area contributed by atoms with E-state index in [1.807, 2.05) is 18.3 Å². The fraction of sp³-hybridized carbons (Fsp3) is 0.226. The molecule has 7 nitrogen and oxygen atoms in total. The number of nitrogens with zero attached hydrogens (tertiary/aromatic N) is 5. The summed E-state index contributed by atoms with van der Waals surface area (Å²) in [6.07, 6.45) is 5.95. The minimum atomic E-state index is -0.872. The second-order valence-electron chi connectivity index (χ2n) is 10.0. The molecule has 2 aromatic carbocycles. The van der Waals surface area contributed by atoms with Gasteiger partial charge < -0.3 is 4.74 Å². The Morgan fingerprint density at radius 2 is 2.00 bits per heavy atom. The fourth-order valence-electron chi connectivity index (χ4n) is 4.68. The molecule has 0 saturated heterocycles. The highest BCUT2D eigenvalue weighted by molar-refractivity contribution is 9.10. The lowest BCUT2D eigenvalue weighted by molar-refractivity contribution is 0.0990. The van der Waals surface area contributed by atoms with Crippen LogP contribution in [0.2, 0.25) is 0 Å². The average Bonchev–Trinajstić information content (AvgIpc) is 3.44. The number of aromatic nitrogens is 3. The predicted molar refractivity (Wildman–Crippen MR) is 154 cm³/mol. The average molecular weight is 598 g/mol. The zero-order valence-corrected chi connectivity index (χ0v) is 23.8. The van der Waals surface area contributed by atoms with Gasteiger partial charge in [0.2, 0.25) is 0 Å². The molecule has 3 heterocycles. The van der Waals surface area contributed by atoms with Crippen LogP contribution >= 0.6 is 15.9 Å². The number of nitriles is 1. The molecule has 0 bridgehead atoms. The third-order valence-corrected chi connectivity index (χ3v) is 7.77. The number of aliphatic imine (C=N–C) groups is 1. The summed E-state index contributed by atoms with van der Waals surface area (Å²) in [4.78, 5) is 31.3. The zero-order chi connectivity index (χ0) is 28.4. The van der Waals surface area contributed by atoms with Gasteiger partial charge in [0.15, 0.2) is 5.78 Å². The van der Waals surface area contributed by atoms with Crippen molar-refractivity contribution >= 4 is 33.6 Å². The number of hydrogen-bond donors (Lipinski definition) is 0. The van der Waals surface area contributed by atoms with Crippen molar-refractivity contribution in [2.75, 3.05) is 7.11 Å². The van der Waals surface area contributed by atoms with Crippen LogP contribution in [0.4, 0.5) is 10.1 Å². The predicted octanol–water partition coefficient (Wildman–Crippen LogP) is 6.52. The highest BCUT2D eigenvalue weighted by Gasteiger charge is 2.27. The highest BCUT2D eigenvalue weighted by atomic mass is 79.9. The molecule has 0 spiro atoms. The largest absolute Gasteiger partial charge is 0.497 e. The summed E-state index contributed by atoms with van der Waals surface area (Å²) < 4.78 is 20.9. The van der Waals surface area contributed by atoms with E-state index in [1.165, 1.54) is 19.5 Å². The van der Waals surface area contributed by atoms with Crippen LogP contribution in [0.5, 0.6) is 5.75 Å². The van der Waals surface area contributed by atoms with Crippen LogP contribution in [0.3, 0.4) is 0 Å². The first kappa shape index (κ1) is 27.3. The molecule has 0 atom stereocenters. The van der Waals surface area contributed by atoms with Gasteiger partial charge in [-0.3, -0.25) is 14.8 Å². The number of pyridine rings is 1. The third-order valence-electron chi connectivity index (χ3n) is 6.92. The minimum absolute atomic E-state index is 0.166. The molecular weight excluding hydrogens is 573 g/mol. The number of ether oxygens (including phenoxy) is 1. The van der Waals surface area contributed by atoms with E-state index in [1.54, 1.807) is 44.3 Å². The molecule has 0 amide bonds. The molecule has 0 aliphatic carbocycles. The Morgan fingerprint density at radius 3 is 2.77 bits per heavy atom. The summed E-state index contributed by atoms with van der Waals surface area (Å²) in [6.45, 7) is 3.52. The second-order valence-corrected chi connectivity index (χ2v) is 10.8. The molecule has 1 aliphatic rings. The third kappa shape index (κ3) is 5.27. The molecule has 0 saturated carbocycles. The van der Waals surface area contributed by atoms with E-state index < -0.39 is 11.2 Å². The summed E-state index contributed by atoms with van der Waals surface area (Å²) in [6, 6.07) is 14.1. The lowest BCUT2D eigenvalue weighted by Crippen LogP contribution is -2.17. The van der Waals surface area contributed by atoms with Crippen LogP contribution in [0.25, 0.3) is 11.3 Å². The molecule has 1 aliphatic heterocycles. The number of methoxy groups -OCH3 is 1. The van der Waals surface area contributed by atoms with E-state index in [0.29, 0.717) is 39.9 Å². The molecule has 0 N–H and O–H groups in total. The van der Waals surface area contributed by atoms with Crippen molar-refractivity contribution < 1.29 is 13.9 Å². The first-order valence-electron chi connectivity index (χ1n) is 12.6. The van der Waals surface area contributed by atoms with Crippen LogP contribution in [0, 0.1) is 17.1 Å². The van der Waals surface area contributed by atoms with E-state index in [2.05, 4.69) is 41.9 Å². The molecule has 5 rings (SSSR count). The zero-order valence-electron chi connectivity index (χ0n) is 22.2. The maximum atomic E-state index is 15.0. The van der Waals surface area contributed by atoms with Crippen molar-refractivity contribution in [3.8, 4) is 23.1 Å². The summed E-state index contributed by atoms with van der Waals surface area (Å²) in [7, 11) is 1.50. The normalized spacial score (nSPS) is 12.2. The lowest BCUT2D eigenvalue weighted by Gasteiger charge is -2.21. The lowest BCUT2D eigenvalue weighted by atomic mass is 9.84. The van der Waals surface area contributed by atoms with Gasteiger partial charge >= 0.3 is 0 Å². The van der Waals surface area contributed by atoms with Crippen LogP contribution in [-0.4, -0.2) is 34.1 Å². The Labute approximate surface area is 240 Å². The monoisotopic (exact) mass is 597 g/mol. The molecule has 4 aromatic rings. The second kappa shape index (κ2) is 11.1. The Bertz CT molecular complexity index is 1710. The van der Waals surface area contributed by atoms with E-state index in [4.69, 9.17) is 4.74 Å². The van der Waals surface area contributed by atoms with Crippen molar-refractivity contribution in [1.82, 2.24) is 15.0 Å². The minimum Gasteiger partial charge on any atom is -0.497 e. The van der Waals surface area contributed by atoms with Crippen LogP contribution < -0.4 is 4.74 Å². The number of hydrogen-bond acceptors (Lipinski definition) is 7. The van der Waals surface area contributed by atoms with Gasteiger partial charge in [-0.25, -0.2) is 14.4 Å². The molecule has 0 fully saturated rings. The number of rotatable bonds is 8. The Morgan fingerprint density at radius 1 is 1.18 bits per heavy atom. The van der Waals surface area contributed by atoms with Crippen LogP contribution in [0.1, 0.15) is 52.3 Å². The summed E-state index contributed by atoms with van der Waals surface area (Å²) in [5, 5.41) is 9.66. The topological polar surface area (TPSA) is 101 Å². The number of benzene rings is 2. The number of carbonyl (C=O) groups is 1. The standard InChI is InChI=1S/C31H25BrFN5O2/c1-31(2,16-34)23-15-20(40-3)14-22(28(23)32)27(39)13-19-11-18(6-7-24(19)33)12-26-21(5-4-9-35-26)29-30-25(8-10-36-30)37-17-38-29/h4-7,9-11,14-15,17H,8,12-13H2,1-3H3. The van der Waals surface area contributed by atoms with E-state index in [-0.39, 0.29) is 17.8 Å². The number of Topliss-reactive ketones (excluding diaryl/α,β-unsaturated/α-hetero) is 1. The van der Waals surface area contributed by atoms with Gasteiger partial charge in [0.25, 0.3) is 0 Å². The first-order valence-corrected chi connectivity index (χ1v) is 13.4.